The molecule has 2 nitrogen and oxygen atoms in total. The third-order valence-corrected chi connectivity index (χ3v) is 2.19. The summed E-state index contributed by atoms with van der Waals surface area (Å²) < 4.78 is 0. The molecule has 0 aromatic carbocycles. The molecule has 0 heterocycles. The monoisotopic (exact) mass is 185 g/mol. The lowest BCUT2D eigenvalue weighted by Crippen LogP contribution is -2.24. The van der Waals surface area contributed by atoms with Crippen molar-refractivity contribution in [2.45, 2.75) is 32.6 Å². The van der Waals surface area contributed by atoms with E-state index in [4.69, 9.17) is 5.11 Å². The van der Waals surface area contributed by atoms with E-state index in [0.717, 1.165) is 25.9 Å². The molecule has 0 spiro atoms. The van der Waals surface area contributed by atoms with Crippen molar-refractivity contribution in [1.82, 2.24) is 5.32 Å². The van der Waals surface area contributed by atoms with Crippen LogP contribution in [0.4, 0.5) is 0 Å². The molecular formula is C11H23NO. The third-order valence-electron chi connectivity index (χ3n) is 2.19. The fourth-order valence-electron chi connectivity index (χ4n) is 1.45. The maximum atomic E-state index is 8.82. The number of nitrogens with one attached hydrogen (secondary N) is 1. The molecule has 0 amide bonds. The molecule has 0 fully saturated rings. The highest BCUT2D eigenvalue weighted by Crippen LogP contribution is 2.08. The molecule has 0 aliphatic carbocycles. The van der Waals surface area contributed by atoms with Crippen molar-refractivity contribution in [3.8, 4) is 0 Å². The van der Waals surface area contributed by atoms with Crippen LogP contribution in [0.15, 0.2) is 12.7 Å². The molecule has 2 heteroatoms. The topological polar surface area (TPSA) is 32.3 Å². The van der Waals surface area contributed by atoms with Gasteiger partial charge in [0.15, 0.2) is 0 Å². The fourth-order valence-corrected chi connectivity index (χ4v) is 1.45. The van der Waals surface area contributed by atoms with Crippen LogP contribution in [0.1, 0.15) is 32.6 Å². The summed E-state index contributed by atoms with van der Waals surface area (Å²) in [5, 5.41) is 12.2. The molecule has 0 aliphatic rings. The molecule has 0 aliphatic heterocycles. The van der Waals surface area contributed by atoms with E-state index in [9.17, 15) is 0 Å². The van der Waals surface area contributed by atoms with Gasteiger partial charge >= 0.3 is 0 Å². The van der Waals surface area contributed by atoms with Gasteiger partial charge < -0.3 is 10.4 Å². The molecule has 78 valence electrons. The first-order valence-electron chi connectivity index (χ1n) is 5.27. The molecule has 13 heavy (non-hydrogen) atoms. The van der Waals surface area contributed by atoms with Crippen LogP contribution in [0.2, 0.25) is 0 Å². The fraction of sp³-hybridized carbons (Fsp3) is 0.818. The average Bonchev–Trinajstić information content (AvgIpc) is 2.13. The Morgan fingerprint density at radius 2 is 2.23 bits per heavy atom. The lowest BCUT2D eigenvalue weighted by Gasteiger charge is -2.15. The molecular weight excluding hydrogens is 162 g/mol. The van der Waals surface area contributed by atoms with E-state index in [2.05, 4.69) is 18.8 Å². The normalized spacial score (nSPS) is 12.8. The minimum atomic E-state index is 0.313. The van der Waals surface area contributed by atoms with Gasteiger partial charge in [0.2, 0.25) is 0 Å². The minimum absolute atomic E-state index is 0.313. The first kappa shape index (κ1) is 12.7. The van der Waals surface area contributed by atoms with Gasteiger partial charge in [-0.15, -0.1) is 6.58 Å². The zero-order valence-electron chi connectivity index (χ0n) is 8.76. The molecule has 0 aromatic heterocycles. The second kappa shape index (κ2) is 9.75. The lowest BCUT2D eigenvalue weighted by atomic mass is 10.0. The van der Waals surface area contributed by atoms with E-state index >= 15 is 0 Å². The molecule has 1 atom stereocenters. The van der Waals surface area contributed by atoms with Crippen LogP contribution >= 0.6 is 0 Å². The Balaban J connectivity index is 3.37. The van der Waals surface area contributed by atoms with Crippen LogP contribution in [0, 0.1) is 5.92 Å². The second-order valence-electron chi connectivity index (χ2n) is 3.45. The highest BCUT2D eigenvalue weighted by atomic mass is 16.3. The van der Waals surface area contributed by atoms with Crippen molar-refractivity contribution in [2.75, 3.05) is 19.7 Å². The predicted molar refractivity (Wildman–Crippen MR) is 57.8 cm³/mol. The van der Waals surface area contributed by atoms with Crippen molar-refractivity contribution in [3.63, 3.8) is 0 Å². The standard InChI is InChI=1S/C11H23NO/c1-3-5-8-12-10-11(6-4-2)7-9-13/h3,11-13H,1,4-10H2,2H3. The molecule has 2 N–H and O–H groups in total. The van der Waals surface area contributed by atoms with E-state index in [1.54, 1.807) is 0 Å². The number of rotatable bonds is 9. The van der Waals surface area contributed by atoms with Gasteiger partial charge in [0, 0.05) is 6.61 Å². The van der Waals surface area contributed by atoms with E-state index in [0.29, 0.717) is 12.5 Å². The maximum Gasteiger partial charge on any atom is 0.0434 e. The Morgan fingerprint density at radius 3 is 2.77 bits per heavy atom. The summed E-state index contributed by atoms with van der Waals surface area (Å²) in [6, 6.07) is 0. The molecule has 1 unspecified atom stereocenters. The van der Waals surface area contributed by atoms with Gasteiger partial charge in [-0.25, -0.2) is 0 Å². The van der Waals surface area contributed by atoms with Gasteiger partial charge in [0.1, 0.15) is 0 Å². The quantitative estimate of drug-likeness (QED) is 0.425. The van der Waals surface area contributed by atoms with Crippen molar-refractivity contribution in [2.24, 2.45) is 5.92 Å². The zero-order valence-corrected chi connectivity index (χ0v) is 8.76. The number of hydrogen-bond acceptors (Lipinski definition) is 2. The average molecular weight is 185 g/mol. The van der Waals surface area contributed by atoms with Crippen LogP contribution in [-0.4, -0.2) is 24.8 Å². The lowest BCUT2D eigenvalue weighted by molar-refractivity contribution is 0.248. The zero-order chi connectivity index (χ0) is 9.94. The van der Waals surface area contributed by atoms with E-state index in [-0.39, 0.29) is 0 Å². The SMILES string of the molecule is C=CCCNCC(CCC)CCO. The van der Waals surface area contributed by atoms with Crippen molar-refractivity contribution >= 4 is 0 Å². The molecule has 0 bridgehead atoms. The van der Waals surface area contributed by atoms with E-state index < -0.39 is 0 Å². The van der Waals surface area contributed by atoms with Gasteiger partial charge in [0.05, 0.1) is 0 Å². The van der Waals surface area contributed by atoms with E-state index in [1.165, 1.54) is 12.8 Å². The van der Waals surface area contributed by atoms with E-state index in [1.807, 2.05) is 6.08 Å². The van der Waals surface area contributed by atoms with Crippen LogP contribution in [0.25, 0.3) is 0 Å². The smallest absolute Gasteiger partial charge is 0.0434 e. The first-order valence-corrected chi connectivity index (χ1v) is 5.27. The van der Waals surface area contributed by atoms with Crippen molar-refractivity contribution in [1.29, 1.82) is 0 Å². The molecule has 0 radical (unpaired) electrons. The van der Waals surface area contributed by atoms with Crippen LogP contribution < -0.4 is 5.32 Å². The number of hydrogen-bond donors (Lipinski definition) is 2. The minimum Gasteiger partial charge on any atom is -0.396 e. The molecule has 0 aromatic rings. The number of aliphatic hydroxyl groups excluding tert-OH is 1. The van der Waals surface area contributed by atoms with Gasteiger partial charge in [0.25, 0.3) is 0 Å². The van der Waals surface area contributed by atoms with Gasteiger partial charge in [-0.3, -0.25) is 0 Å². The Bertz CT molecular complexity index is 109. The third kappa shape index (κ3) is 8.00. The highest BCUT2D eigenvalue weighted by molar-refractivity contribution is 4.69. The second-order valence-corrected chi connectivity index (χ2v) is 3.45. The van der Waals surface area contributed by atoms with Gasteiger partial charge in [-0.1, -0.05) is 19.4 Å². The van der Waals surface area contributed by atoms with Gasteiger partial charge in [-0.05, 0) is 38.3 Å². The molecule has 0 saturated heterocycles. The molecule has 0 rings (SSSR count). The summed E-state index contributed by atoms with van der Waals surface area (Å²) >= 11 is 0. The largest absolute Gasteiger partial charge is 0.396 e. The Labute approximate surface area is 82.0 Å². The van der Waals surface area contributed by atoms with Crippen LogP contribution in [0.3, 0.4) is 0 Å². The van der Waals surface area contributed by atoms with Gasteiger partial charge in [-0.2, -0.15) is 0 Å². The van der Waals surface area contributed by atoms with Crippen molar-refractivity contribution < 1.29 is 5.11 Å². The Hall–Kier alpha value is -0.340. The Kier molecular flexibility index (Phi) is 9.49. The summed E-state index contributed by atoms with van der Waals surface area (Å²) in [6.07, 6.45) is 6.29. The first-order chi connectivity index (χ1) is 6.35. The summed E-state index contributed by atoms with van der Waals surface area (Å²) in [6.45, 7) is 8.21. The summed E-state index contributed by atoms with van der Waals surface area (Å²) in [4.78, 5) is 0. The summed E-state index contributed by atoms with van der Waals surface area (Å²) in [7, 11) is 0. The summed E-state index contributed by atoms with van der Waals surface area (Å²) in [5.74, 6) is 0.639. The van der Waals surface area contributed by atoms with Crippen LogP contribution in [0.5, 0.6) is 0 Å². The summed E-state index contributed by atoms with van der Waals surface area (Å²) in [5.41, 5.74) is 0. The van der Waals surface area contributed by atoms with Crippen LogP contribution in [-0.2, 0) is 0 Å². The van der Waals surface area contributed by atoms with Crippen molar-refractivity contribution in [3.05, 3.63) is 12.7 Å². The maximum absolute atomic E-state index is 8.82. The molecule has 0 saturated carbocycles. The highest BCUT2D eigenvalue weighted by Gasteiger charge is 2.05. The number of aliphatic hydroxyl groups is 1. The Morgan fingerprint density at radius 1 is 1.46 bits per heavy atom. The predicted octanol–water partition coefficient (Wildman–Crippen LogP) is 1.95.